The van der Waals surface area contributed by atoms with E-state index in [0.717, 1.165) is 5.56 Å². The molecule has 0 saturated carbocycles. The van der Waals surface area contributed by atoms with E-state index in [4.69, 9.17) is 27.9 Å². The Morgan fingerprint density at radius 1 is 1.10 bits per heavy atom. The Balaban J connectivity index is 1.33. The Bertz CT molecular complexity index is 802. The Labute approximate surface area is 178 Å². The average Bonchev–Trinajstić information content (AvgIpc) is 3.12. The number of ether oxygens (including phenoxy) is 1. The van der Waals surface area contributed by atoms with Gasteiger partial charge in [-0.15, -0.1) is 0 Å². The lowest BCUT2D eigenvalue weighted by molar-refractivity contribution is -0.122. The third kappa shape index (κ3) is 6.35. The second-order valence-corrected chi connectivity index (χ2v) is 7.66. The van der Waals surface area contributed by atoms with Gasteiger partial charge in [0.15, 0.2) is 0 Å². The second-order valence-electron chi connectivity index (χ2n) is 6.79. The maximum atomic E-state index is 12.2. The van der Waals surface area contributed by atoms with E-state index in [1.807, 2.05) is 0 Å². The third-order valence-electron chi connectivity index (χ3n) is 4.64. The monoisotopic (exact) mass is 440 g/mol. The first-order chi connectivity index (χ1) is 13.9. The van der Waals surface area contributed by atoms with Crippen LogP contribution < -0.4 is 10.6 Å². The molecule has 0 unspecified atom stereocenters. The van der Waals surface area contributed by atoms with Crippen molar-refractivity contribution in [1.82, 2.24) is 20.4 Å². The number of nitrogens with one attached hydrogen (secondary N) is 2. The quantitative estimate of drug-likeness (QED) is 0.703. The van der Waals surface area contributed by atoms with Crippen LogP contribution in [0.15, 0.2) is 30.0 Å². The van der Waals surface area contributed by atoms with Crippen LogP contribution in [0.1, 0.15) is 12.0 Å². The highest BCUT2D eigenvalue weighted by Gasteiger charge is 2.23. The predicted molar refractivity (Wildman–Crippen MR) is 109 cm³/mol. The van der Waals surface area contributed by atoms with E-state index in [2.05, 4.69) is 15.5 Å². The molecule has 10 heteroatoms. The summed E-state index contributed by atoms with van der Waals surface area (Å²) in [5.74, 6) is -0.448. The van der Waals surface area contributed by atoms with E-state index in [9.17, 15) is 14.4 Å². The van der Waals surface area contributed by atoms with Crippen LogP contribution >= 0.6 is 23.2 Å². The number of amides is 3. The SMILES string of the molecule is O=C1CC=C(C(=O)NCCN2CCN(C(=O)OCc3cc(Cl)cc(Cl)c3)CC2)N1. The summed E-state index contributed by atoms with van der Waals surface area (Å²) < 4.78 is 5.34. The van der Waals surface area contributed by atoms with Gasteiger partial charge in [-0.25, -0.2) is 4.79 Å². The van der Waals surface area contributed by atoms with Gasteiger partial charge < -0.3 is 20.3 Å². The molecule has 1 aromatic carbocycles. The van der Waals surface area contributed by atoms with Crippen LogP contribution in [0.5, 0.6) is 0 Å². The average molecular weight is 441 g/mol. The molecule has 1 aromatic rings. The van der Waals surface area contributed by atoms with Gasteiger partial charge in [-0.1, -0.05) is 23.2 Å². The van der Waals surface area contributed by atoms with E-state index in [0.29, 0.717) is 55.0 Å². The number of piperazine rings is 1. The summed E-state index contributed by atoms with van der Waals surface area (Å²) in [7, 11) is 0. The highest BCUT2D eigenvalue weighted by atomic mass is 35.5. The Kier molecular flexibility index (Phi) is 7.35. The lowest BCUT2D eigenvalue weighted by Gasteiger charge is -2.34. The van der Waals surface area contributed by atoms with Crippen molar-refractivity contribution in [3.8, 4) is 0 Å². The van der Waals surface area contributed by atoms with Gasteiger partial charge in [-0.05, 0) is 29.8 Å². The van der Waals surface area contributed by atoms with E-state index < -0.39 is 0 Å². The number of benzene rings is 1. The van der Waals surface area contributed by atoms with Crippen LogP contribution in [0.25, 0.3) is 0 Å². The van der Waals surface area contributed by atoms with E-state index >= 15 is 0 Å². The van der Waals surface area contributed by atoms with Gasteiger partial charge in [0.05, 0.1) is 0 Å². The number of carbonyl (C=O) groups excluding carboxylic acids is 3. The molecule has 0 spiro atoms. The van der Waals surface area contributed by atoms with Crippen molar-refractivity contribution < 1.29 is 19.1 Å². The predicted octanol–water partition coefficient (Wildman–Crippen LogP) is 1.77. The number of nitrogens with zero attached hydrogens (tertiary/aromatic N) is 2. The number of carbonyl (C=O) groups is 3. The van der Waals surface area contributed by atoms with E-state index in [1.54, 1.807) is 29.2 Å². The fourth-order valence-electron chi connectivity index (χ4n) is 3.10. The van der Waals surface area contributed by atoms with Crippen LogP contribution in [-0.2, 0) is 20.9 Å². The number of hydrogen-bond donors (Lipinski definition) is 2. The summed E-state index contributed by atoms with van der Waals surface area (Å²) in [6, 6.07) is 5.04. The minimum absolute atomic E-state index is 0.109. The van der Waals surface area contributed by atoms with Crippen molar-refractivity contribution >= 4 is 41.1 Å². The lowest BCUT2D eigenvalue weighted by atomic mass is 10.2. The molecule has 29 heavy (non-hydrogen) atoms. The van der Waals surface area contributed by atoms with Crippen molar-refractivity contribution in [2.75, 3.05) is 39.3 Å². The number of halogens is 2. The van der Waals surface area contributed by atoms with Crippen LogP contribution in [0.2, 0.25) is 10.0 Å². The first-order valence-electron chi connectivity index (χ1n) is 9.28. The van der Waals surface area contributed by atoms with Crippen LogP contribution in [0.3, 0.4) is 0 Å². The summed E-state index contributed by atoms with van der Waals surface area (Å²) in [6.07, 6.45) is 1.45. The minimum Gasteiger partial charge on any atom is -0.445 e. The molecule has 0 radical (unpaired) electrons. The maximum absolute atomic E-state index is 12.2. The van der Waals surface area contributed by atoms with Crippen LogP contribution in [0.4, 0.5) is 4.79 Å². The molecule has 8 nitrogen and oxygen atoms in total. The molecule has 0 aromatic heterocycles. The molecular weight excluding hydrogens is 419 g/mol. The van der Waals surface area contributed by atoms with Gasteiger partial charge in [0.25, 0.3) is 5.91 Å². The molecule has 156 valence electrons. The largest absolute Gasteiger partial charge is 0.445 e. The molecule has 0 atom stereocenters. The topological polar surface area (TPSA) is 91.0 Å². The van der Waals surface area contributed by atoms with E-state index in [-0.39, 0.29) is 30.9 Å². The highest BCUT2D eigenvalue weighted by molar-refractivity contribution is 6.34. The number of hydrogen-bond acceptors (Lipinski definition) is 5. The summed E-state index contributed by atoms with van der Waals surface area (Å²) in [5, 5.41) is 6.29. The van der Waals surface area contributed by atoms with Crippen LogP contribution in [-0.4, -0.2) is 67.0 Å². The zero-order valence-corrected chi connectivity index (χ0v) is 17.3. The third-order valence-corrected chi connectivity index (χ3v) is 5.08. The molecular formula is C19H22Cl2N4O4. The van der Waals surface area contributed by atoms with Gasteiger partial charge in [0.2, 0.25) is 5.91 Å². The summed E-state index contributed by atoms with van der Waals surface area (Å²) in [6.45, 7) is 3.70. The first kappa shape index (κ1) is 21.4. The van der Waals surface area contributed by atoms with Gasteiger partial charge in [-0.3, -0.25) is 14.5 Å². The van der Waals surface area contributed by atoms with Crippen molar-refractivity contribution in [3.63, 3.8) is 0 Å². The molecule has 3 rings (SSSR count). The van der Waals surface area contributed by atoms with Gasteiger partial charge in [-0.2, -0.15) is 0 Å². The molecule has 1 saturated heterocycles. The fourth-order valence-corrected chi connectivity index (χ4v) is 3.68. The Morgan fingerprint density at radius 2 is 1.79 bits per heavy atom. The Morgan fingerprint density at radius 3 is 2.41 bits per heavy atom. The molecule has 1 fully saturated rings. The molecule has 2 aliphatic rings. The molecule has 0 bridgehead atoms. The second kappa shape index (κ2) is 9.96. The first-order valence-corrected chi connectivity index (χ1v) is 10.0. The summed E-state index contributed by atoms with van der Waals surface area (Å²) in [5.41, 5.74) is 1.04. The van der Waals surface area contributed by atoms with Crippen LogP contribution in [0, 0.1) is 0 Å². The smallest absolute Gasteiger partial charge is 0.410 e. The van der Waals surface area contributed by atoms with E-state index in [1.165, 1.54) is 0 Å². The standard InChI is InChI=1S/C19H22Cl2N4O4/c20-14-9-13(10-15(21)11-14)12-29-19(28)25-7-5-24(6-8-25)4-3-22-18(27)16-1-2-17(26)23-16/h1,9-11H,2-8,12H2,(H,22,27)(H,23,26). The fraction of sp³-hybridized carbons (Fsp3) is 0.421. The minimum atomic E-state index is -0.377. The van der Waals surface area contributed by atoms with Crippen molar-refractivity contribution in [2.45, 2.75) is 13.0 Å². The van der Waals surface area contributed by atoms with Gasteiger partial charge >= 0.3 is 6.09 Å². The normalized spacial score (nSPS) is 17.0. The molecule has 3 amide bonds. The summed E-state index contributed by atoms with van der Waals surface area (Å²) >= 11 is 11.9. The molecule has 2 heterocycles. The zero-order valence-electron chi connectivity index (χ0n) is 15.7. The molecule has 2 aliphatic heterocycles. The maximum Gasteiger partial charge on any atom is 0.410 e. The molecule has 0 aliphatic carbocycles. The van der Waals surface area contributed by atoms with Gasteiger partial charge in [0.1, 0.15) is 12.3 Å². The van der Waals surface area contributed by atoms with Crippen molar-refractivity contribution in [3.05, 3.63) is 45.6 Å². The summed E-state index contributed by atoms with van der Waals surface area (Å²) in [4.78, 5) is 39.1. The van der Waals surface area contributed by atoms with Crippen molar-refractivity contribution in [1.29, 1.82) is 0 Å². The highest BCUT2D eigenvalue weighted by Crippen LogP contribution is 2.20. The number of rotatable bonds is 6. The molecule has 2 N–H and O–H groups in total. The lowest BCUT2D eigenvalue weighted by Crippen LogP contribution is -2.50. The van der Waals surface area contributed by atoms with Gasteiger partial charge in [0, 0.05) is 55.7 Å². The zero-order chi connectivity index (χ0) is 20.8. The Hall–Kier alpha value is -2.29. The van der Waals surface area contributed by atoms with Crippen molar-refractivity contribution in [2.24, 2.45) is 0 Å².